The molecule has 0 saturated heterocycles. The average molecular weight is 293 g/mol. The summed E-state index contributed by atoms with van der Waals surface area (Å²) >= 11 is 0. The molecule has 1 fully saturated rings. The molecule has 0 radical (unpaired) electrons. The van der Waals surface area contributed by atoms with Gasteiger partial charge in [0.25, 0.3) is 0 Å². The molecule has 0 aromatic carbocycles. The highest BCUT2D eigenvalue weighted by atomic mass is 16.5. The fourth-order valence-electron chi connectivity index (χ4n) is 2.19. The van der Waals surface area contributed by atoms with Gasteiger partial charge in [0.05, 0.1) is 6.10 Å². The summed E-state index contributed by atoms with van der Waals surface area (Å²) in [5, 5.41) is 6.63. The third-order valence-electron chi connectivity index (χ3n) is 3.52. The first-order chi connectivity index (χ1) is 9.90. The number of hydrogen-bond acceptors (Lipinski definition) is 6. The van der Waals surface area contributed by atoms with Crippen LogP contribution in [0.25, 0.3) is 0 Å². The van der Waals surface area contributed by atoms with Gasteiger partial charge in [-0.1, -0.05) is 6.92 Å². The van der Waals surface area contributed by atoms with Crippen molar-refractivity contribution in [2.75, 3.05) is 17.2 Å². The van der Waals surface area contributed by atoms with Crippen molar-refractivity contribution in [1.82, 2.24) is 15.0 Å². The zero-order chi connectivity index (χ0) is 15.5. The highest BCUT2D eigenvalue weighted by Gasteiger charge is 2.38. The number of ether oxygens (including phenoxy) is 1. The Hall–Kier alpha value is -1.59. The van der Waals surface area contributed by atoms with Crippen molar-refractivity contribution in [3.05, 3.63) is 0 Å². The van der Waals surface area contributed by atoms with Crippen LogP contribution in [0.5, 0.6) is 6.01 Å². The van der Waals surface area contributed by atoms with Crippen molar-refractivity contribution in [1.29, 1.82) is 0 Å². The van der Waals surface area contributed by atoms with E-state index < -0.39 is 0 Å². The zero-order valence-electron chi connectivity index (χ0n) is 13.7. The summed E-state index contributed by atoms with van der Waals surface area (Å²) in [5.41, 5.74) is -0.00151. The molecule has 0 unspecified atom stereocenters. The van der Waals surface area contributed by atoms with Gasteiger partial charge < -0.3 is 15.4 Å². The van der Waals surface area contributed by atoms with Gasteiger partial charge in [-0.05, 0) is 52.9 Å². The average Bonchev–Trinajstić information content (AvgIpc) is 3.19. The van der Waals surface area contributed by atoms with Gasteiger partial charge in [-0.15, -0.1) is 0 Å². The smallest absolute Gasteiger partial charge is 0.323 e. The Kier molecular flexibility index (Phi) is 4.85. The van der Waals surface area contributed by atoms with Gasteiger partial charge in [0.2, 0.25) is 11.9 Å². The van der Waals surface area contributed by atoms with Crippen LogP contribution in [0, 0.1) is 5.92 Å². The standard InChI is InChI=1S/C15H27N5O/c1-6-9-16-12-17-13(19-14(18-12)21-10(2)3)20-15(4,5)11-7-8-11/h10-11H,6-9H2,1-5H3,(H2,16,17,18,19,20). The number of rotatable bonds is 8. The van der Waals surface area contributed by atoms with Gasteiger partial charge in [-0.3, -0.25) is 0 Å². The largest absolute Gasteiger partial charge is 0.461 e. The molecule has 1 aromatic heterocycles. The summed E-state index contributed by atoms with van der Waals surface area (Å²) < 4.78 is 5.62. The van der Waals surface area contributed by atoms with E-state index in [9.17, 15) is 0 Å². The molecule has 0 atom stereocenters. The van der Waals surface area contributed by atoms with E-state index in [1.54, 1.807) is 0 Å². The molecule has 0 spiro atoms. The molecule has 0 aliphatic heterocycles. The molecule has 2 rings (SSSR count). The van der Waals surface area contributed by atoms with E-state index in [0.29, 0.717) is 23.8 Å². The van der Waals surface area contributed by atoms with E-state index in [0.717, 1.165) is 13.0 Å². The number of anilines is 2. The van der Waals surface area contributed by atoms with Gasteiger partial charge in [0.15, 0.2) is 0 Å². The molecule has 1 aliphatic rings. The number of nitrogens with one attached hydrogen (secondary N) is 2. The number of hydrogen-bond donors (Lipinski definition) is 2. The quantitative estimate of drug-likeness (QED) is 0.767. The molecule has 2 N–H and O–H groups in total. The number of nitrogens with zero attached hydrogens (tertiary/aromatic N) is 3. The minimum Gasteiger partial charge on any atom is -0.461 e. The Labute approximate surface area is 127 Å². The van der Waals surface area contributed by atoms with E-state index in [1.165, 1.54) is 12.8 Å². The summed E-state index contributed by atoms with van der Waals surface area (Å²) in [4.78, 5) is 13.1. The molecule has 1 heterocycles. The highest BCUT2D eigenvalue weighted by molar-refractivity contribution is 5.38. The van der Waals surface area contributed by atoms with Crippen LogP contribution in [-0.4, -0.2) is 33.1 Å². The van der Waals surface area contributed by atoms with Crippen molar-refractivity contribution >= 4 is 11.9 Å². The number of aromatic nitrogens is 3. The van der Waals surface area contributed by atoms with Crippen molar-refractivity contribution in [3.8, 4) is 6.01 Å². The van der Waals surface area contributed by atoms with E-state index in [2.05, 4.69) is 46.4 Å². The molecule has 1 saturated carbocycles. The monoisotopic (exact) mass is 293 g/mol. The lowest BCUT2D eigenvalue weighted by Crippen LogP contribution is -2.34. The van der Waals surface area contributed by atoms with Gasteiger partial charge in [-0.2, -0.15) is 15.0 Å². The van der Waals surface area contributed by atoms with Crippen molar-refractivity contribution in [2.45, 2.75) is 65.5 Å². The first kappa shape index (κ1) is 15.8. The fraction of sp³-hybridized carbons (Fsp3) is 0.800. The van der Waals surface area contributed by atoms with Crippen molar-refractivity contribution < 1.29 is 4.74 Å². The van der Waals surface area contributed by atoms with Gasteiger partial charge in [-0.25, -0.2) is 0 Å². The van der Waals surface area contributed by atoms with E-state index in [4.69, 9.17) is 4.74 Å². The first-order valence-corrected chi connectivity index (χ1v) is 7.85. The second kappa shape index (κ2) is 6.45. The van der Waals surface area contributed by atoms with Crippen molar-refractivity contribution in [3.63, 3.8) is 0 Å². The van der Waals surface area contributed by atoms with Crippen LogP contribution in [0.15, 0.2) is 0 Å². The minimum absolute atomic E-state index is 0.00151. The molecule has 0 bridgehead atoms. The Morgan fingerprint density at radius 1 is 1.19 bits per heavy atom. The SMILES string of the molecule is CCCNc1nc(NC(C)(C)C2CC2)nc(OC(C)C)n1. The Morgan fingerprint density at radius 2 is 1.86 bits per heavy atom. The van der Waals surface area contributed by atoms with Gasteiger partial charge in [0, 0.05) is 12.1 Å². The molecule has 0 amide bonds. The Bertz CT molecular complexity index is 471. The maximum atomic E-state index is 5.62. The lowest BCUT2D eigenvalue weighted by Gasteiger charge is -2.26. The third kappa shape index (κ3) is 4.72. The maximum absolute atomic E-state index is 5.62. The van der Waals surface area contributed by atoms with Crippen LogP contribution in [0.1, 0.15) is 53.9 Å². The van der Waals surface area contributed by atoms with Crippen LogP contribution in [0.2, 0.25) is 0 Å². The maximum Gasteiger partial charge on any atom is 0.323 e. The molecule has 1 aromatic rings. The second-order valence-corrected chi connectivity index (χ2v) is 6.48. The van der Waals surface area contributed by atoms with Crippen LogP contribution >= 0.6 is 0 Å². The van der Waals surface area contributed by atoms with E-state index >= 15 is 0 Å². The third-order valence-corrected chi connectivity index (χ3v) is 3.52. The Balaban J connectivity index is 2.17. The summed E-state index contributed by atoms with van der Waals surface area (Å²) in [6, 6.07) is 0.368. The fourth-order valence-corrected chi connectivity index (χ4v) is 2.19. The van der Waals surface area contributed by atoms with Crippen molar-refractivity contribution in [2.24, 2.45) is 5.92 Å². The van der Waals surface area contributed by atoms with E-state index in [1.807, 2.05) is 13.8 Å². The summed E-state index contributed by atoms with van der Waals surface area (Å²) in [6.07, 6.45) is 3.58. The second-order valence-electron chi connectivity index (χ2n) is 6.48. The molecule has 6 nitrogen and oxygen atoms in total. The molecule has 6 heteroatoms. The van der Waals surface area contributed by atoms with Gasteiger partial charge >= 0.3 is 6.01 Å². The molecule has 1 aliphatic carbocycles. The summed E-state index contributed by atoms with van der Waals surface area (Å²) in [7, 11) is 0. The van der Waals surface area contributed by atoms with E-state index in [-0.39, 0.29) is 11.6 Å². The highest BCUT2D eigenvalue weighted by Crippen LogP contribution is 2.40. The van der Waals surface area contributed by atoms with Gasteiger partial charge in [0.1, 0.15) is 0 Å². The topological polar surface area (TPSA) is 72.0 Å². The molecule has 118 valence electrons. The van der Waals surface area contributed by atoms with Crippen LogP contribution in [-0.2, 0) is 0 Å². The van der Waals surface area contributed by atoms with Crippen LogP contribution in [0.3, 0.4) is 0 Å². The lowest BCUT2D eigenvalue weighted by molar-refractivity contribution is 0.222. The van der Waals surface area contributed by atoms with Crippen LogP contribution < -0.4 is 15.4 Å². The minimum atomic E-state index is -0.00151. The summed E-state index contributed by atoms with van der Waals surface area (Å²) in [6.45, 7) is 11.2. The first-order valence-electron chi connectivity index (χ1n) is 7.85. The normalized spacial score (nSPS) is 15.1. The Morgan fingerprint density at radius 3 is 2.43 bits per heavy atom. The molecule has 21 heavy (non-hydrogen) atoms. The zero-order valence-corrected chi connectivity index (χ0v) is 13.7. The predicted octanol–water partition coefficient (Wildman–Crippen LogP) is 3.08. The lowest BCUT2D eigenvalue weighted by atomic mass is 9.99. The van der Waals surface area contributed by atoms with Crippen LogP contribution in [0.4, 0.5) is 11.9 Å². The summed E-state index contributed by atoms with van der Waals surface area (Å²) in [5.74, 6) is 1.84. The predicted molar refractivity (Wildman–Crippen MR) is 84.8 cm³/mol. The molecular weight excluding hydrogens is 266 g/mol. The molecular formula is C15H27N5O.